The molecule has 0 spiro atoms. The maximum atomic E-state index is 14.7. The minimum absolute atomic E-state index is 0.0405. The molecule has 3 aliphatic rings. The van der Waals surface area contributed by atoms with Gasteiger partial charge in [-0.1, -0.05) is 6.07 Å². The minimum Gasteiger partial charge on any atom is -0.504 e. The summed E-state index contributed by atoms with van der Waals surface area (Å²) in [6.45, 7) is 5.24. The molecule has 2 amide bonds. The number of fused-ring (bicyclic) bond motifs is 3. The summed E-state index contributed by atoms with van der Waals surface area (Å²) in [6.07, 6.45) is -2.77. The number of para-hydroxylation sites is 1. The Bertz CT molecular complexity index is 1140. The quantitative estimate of drug-likeness (QED) is 0.594. The van der Waals surface area contributed by atoms with Crippen LogP contribution in [0.1, 0.15) is 13.8 Å². The molecule has 188 valence electrons. The molecule has 5 rings (SSSR count). The van der Waals surface area contributed by atoms with E-state index in [1.807, 2.05) is 13.8 Å². The van der Waals surface area contributed by atoms with E-state index >= 15 is 0 Å². The van der Waals surface area contributed by atoms with E-state index in [1.54, 1.807) is 9.80 Å². The van der Waals surface area contributed by atoms with E-state index < -0.39 is 23.5 Å². The summed E-state index contributed by atoms with van der Waals surface area (Å²) in [7, 11) is 0. The van der Waals surface area contributed by atoms with E-state index in [0.29, 0.717) is 24.6 Å². The molecule has 0 bridgehead atoms. The van der Waals surface area contributed by atoms with E-state index in [-0.39, 0.29) is 55.6 Å². The van der Waals surface area contributed by atoms with Crippen molar-refractivity contribution in [1.82, 2.24) is 25.3 Å². The van der Waals surface area contributed by atoms with E-state index in [2.05, 4.69) is 20.8 Å². The van der Waals surface area contributed by atoms with Crippen LogP contribution in [0.3, 0.4) is 0 Å². The highest BCUT2D eigenvalue weighted by atomic mass is 19.3. The lowest BCUT2D eigenvalue weighted by Crippen LogP contribution is -2.72. The first kappa shape index (κ1) is 23.5. The first-order chi connectivity index (χ1) is 16.7. The van der Waals surface area contributed by atoms with Crippen LogP contribution in [0.25, 0.3) is 11.3 Å². The molecule has 1 aromatic carbocycles. The van der Waals surface area contributed by atoms with Crippen molar-refractivity contribution in [2.75, 3.05) is 49.5 Å². The Labute approximate surface area is 200 Å². The Hall–Kier alpha value is -3.28. The fourth-order valence-corrected chi connectivity index (χ4v) is 5.15. The van der Waals surface area contributed by atoms with Gasteiger partial charge in [0.25, 0.3) is 6.43 Å². The monoisotopic (exact) mass is 491 g/mol. The predicted molar refractivity (Wildman–Crippen MR) is 124 cm³/mol. The molecule has 0 radical (unpaired) electrons. The zero-order chi connectivity index (χ0) is 24.9. The molecule has 35 heavy (non-hydrogen) atoms. The summed E-state index contributed by atoms with van der Waals surface area (Å²) in [4.78, 5) is 18.2. The number of urea groups is 1. The third-order valence-electron chi connectivity index (χ3n) is 7.17. The molecule has 2 saturated heterocycles. The second-order valence-electron chi connectivity index (χ2n) is 9.52. The summed E-state index contributed by atoms with van der Waals surface area (Å²) in [5.41, 5.74) is -1.02. The molecular formula is C23H28F3N7O2. The summed E-state index contributed by atoms with van der Waals surface area (Å²) in [6, 6.07) is 5.39. The van der Waals surface area contributed by atoms with Crippen molar-refractivity contribution in [2.45, 2.75) is 37.9 Å². The van der Waals surface area contributed by atoms with Crippen LogP contribution in [0, 0.1) is 5.82 Å². The Morgan fingerprint density at radius 2 is 2.06 bits per heavy atom. The first-order valence-corrected chi connectivity index (χ1v) is 11.7. The molecule has 2 aromatic rings. The SMILES string of the molecule is C[C@@H]1CN[C@@H](C)CN1C(=O)N1CCN2c3cc(-c4cccc(F)c4O)nnc3NC[C@]2(C(F)F)C1. The van der Waals surface area contributed by atoms with Gasteiger partial charge in [0.15, 0.2) is 17.4 Å². The Kier molecular flexibility index (Phi) is 5.86. The van der Waals surface area contributed by atoms with Gasteiger partial charge in [-0.2, -0.15) is 0 Å². The number of phenols is 1. The molecule has 3 N–H and O–H groups in total. The number of rotatable bonds is 2. The fraction of sp³-hybridized carbons (Fsp3) is 0.522. The lowest BCUT2D eigenvalue weighted by atomic mass is 9.90. The van der Waals surface area contributed by atoms with E-state index in [4.69, 9.17) is 0 Å². The van der Waals surface area contributed by atoms with Crippen LogP contribution in [0.15, 0.2) is 24.3 Å². The summed E-state index contributed by atoms with van der Waals surface area (Å²) < 4.78 is 43.4. The third kappa shape index (κ3) is 3.89. The molecule has 12 heteroatoms. The smallest absolute Gasteiger partial charge is 0.320 e. The van der Waals surface area contributed by atoms with Gasteiger partial charge in [-0.05, 0) is 32.0 Å². The van der Waals surface area contributed by atoms with Gasteiger partial charge in [-0.15, -0.1) is 10.2 Å². The van der Waals surface area contributed by atoms with Gasteiger partial charge in [0, 0.05) is 50.4 Å². The Morgan fingerprint density at radius 3 is 2.83 bits per heavy atom. The molecule has 1 aromatic heterocycles. The largest absolute Gasteiger partial charge is 0.504 e. The molecule has 3 atom stereocenters. The number of aromatic hydroxyl groups is 1. The average molecular weight is 492 g/mol. The number of anilines is 2. The number of alkyl halides is 2. The van der Waals surface area contributed by atoms with Gasteiger partial charge < -0.3 is 30.4 Å². The lowest BCUT2D eigenvalue weighted by Gasteiger charge is -2.54. The number of halogens is 3. The summed E-state index contributed by atoms with van der Waals surface area (Å²) in [5.74, 6) is -1.07. The first-order valence-electron chi connectivity index (χ1n) is 11.7. The molecule has 3 aliphatic heterocycles. The number of carbonyl (C=O) groups excluding carboxylic acids is 1. The summed E-state index contributed by atoms with van der Waals surface area (Å²) in [5, 5.41) is 24.6. The van der Waals surface area contributed by atoms with Gasteiger partial charge in [0.2, 0.25) is 0 Å². The number of phenolic OH excluding ortho intramolecular Hbond substituents is 1. The lowest BCUT2D eigenvalue weighted by molar-refractivity contribution is 0.0157. The highest BCUT2D eigenvalue weighted by Crippen LogP contribution is 2.42. The van der Waals surface area contributed by atoms with Crippen LogP contribution in [0.2, 0.25) is 0 Å². The number of aromatic nitrogens is 2. The molecule has 0 saturated carbocycles. The minimum atomic E-state index is -2.77. The molecule has 2 fully saturated rings. The van der Waals surface area contributed by atoms with Gasteiger partial charge >= 0.3 is 6.03 Å². The summed E-state index contributed by atoms with van der Waals surface area (Å²) >= 11 is 0. The van der Waals surface area contributed by atoms with Gasteiger partial charge in [0.05, 0.1) is 17.9 Å². The molecule has 9 nitrogen and oxygen atoms in total. The fourth-order valence-electron chi connectivity index (χ4n) is 5.15. The molecular weight excluding hydrogens is 463 g/mol. The number of nitrogens with one attached hydrogen (secondary N) is 2. The Morgan fingerprint density at radius 1 is 1.26 bits per heavy atom. The topological polar surface area (TPSA) is 96.9 Å². The number of benzene rings is 1. The number of carbonyl (C=O) groups is 1. The number of piperazine rings is 2. The van der Waals surface area contributed by atoms with Gasteiger partial charge in [-0.3, -0.25) is 0 Å². The van der Waals surface area contributed by atoms with Crippen molar-refractivity contribution in [3.05, 3.63) is 30.1 Å². The van der Waals surface area contributed by atoms with Crippen molar-refractivity contribution in [3.8, 4) is 17.0 Å². The highest BCUT2D eigenvalue weighted by Gasteiger charge is 2.53. The van der Waals surface area contributed by atoms with Crippen LogP contribution in [0.5, 0.6) is 5.75 Å². The van der Waals surface area contributed by atoms with E-state index in [1.165, 1.54) is 23.1 Å². The second kappa shape index (κ2) is 8.74. The van der Waals surface area contributed by atoms with Crippen molar-refractivity contribution < 1.29 is 23.1 Å². The number of amides is 2. The average Bonchev–Trinajstić information content (AvgIpc) is 2.85. The third-order valence-corrected chi connectivity index (χ3v) is 7.17. The molecule has 4 heterocycles. The van der Waals surface area contributed by atoms with Crippen molar-refractivity contribution in [3.63, 3.8) is 0 Å². The maximum absolute atomic E-state index is 14.7. The van der Waals surface area contributed by atoms with Gasteiger partial charge in [0.1, 0.15) is 5.54 Å². The highest BCUT2D eigenvalue weighted by molar-refractivity contribution is 5.79. The van der Waals surface area contributed by atoms with E-state index in [9.17, 15) is 23.1 Å². The number of nitrogens with zero attached hydrogens (tertiary/aromatic N) is 5. The molecule has 0 unspecified atom stereocenters. The molecule has 0 aliphatic carbocycles. The van der Waals surface area contributed by atoms with Crippen LogP contribution >= 0.6 is 0 Å². The Balaban J connectivity index is 1.47. The maximum Gasteiger partial charge on any atom is 0.320 e. The van der Waals surface area contributed by atoms with Crippen LogP contribution in [-0.4, -0.2) is 94.5 Å². The van der Waals surface area contributed by atoms with Crippen molar-refractivity contribution in [2.24, 2.45) is 0 Å². The number of hydrogen-bond donors (Lipinski definition) is 3. The van der Waals surface area contributed by atoms with Crippen LogP contribution < -0.4 is 15.5 Å². The number of hydrogen-bond acceptors (Lipinski definition) is 7. The predicted octanol–water partition coefficient (Wildman–Crippen LogP) is 2.34. The normalized spacial score (nSPS) is 26.3. The standard InChI is InChI=1S/C23H28F3N7O2/c1-13-10-32(14(2)9-27-13)22(35)31-6-7-33-18-8-17(15-4-3-5-16(24)19(15)34)29-30-20(18)28-11-23(33,12-31)21(25)26/h3-5,8,13-14,21,27,34H,6-7,9-12H2,1-2H3,(H,28,30)/t13-,14+,23+/m0/s1. The van der Waals surface area contributed by atoms with Crippen molar-refractivity contribution in [1.29, 1.82) is 0 Å². The van der Waals surface area contributed by atoms with E-state index in [0.717, 1.165) is 6.07 Å². The zero-order valence-corrected chi connectivity index (χ0v) is 19.5. The zero-order valence-electron chi connectivity index (χ0n) is 19.5. The van der Waals surface area contributed by atoms with Crippen LogP contribution in [-0.2, 0) is 0 Å². The second-order valence-corrected chi connectivity index (χ2v) is 9.52. The van der Waals surface area contributed by atoms with Gasteiger partial charge in [-0.25, -0.2) is 18.0 Å². The van der Waals surface area contributed by atoms with Crippen LogP contribution in [0.4, 0.5) is 29.5 Å². The van der Waals surface area contributed by atoms with Crippen molar-refractivity contribution >= 4 is 17.5 Å².